The summed E-state index contributed by atoms with van der Waals surface area (Å²) in [6, 6.07) is 0. The van der Waals surface area contributed by atoms with Gasteiger partial charge in [-0.05, 0) is 27.7 Å². The Bertz CT molecular complexity index is 672. The van der Waals surface area contributed by atoms with Gasteiger partial charge in [0.2, 0.25) is 0 Å². The number of ether oxygens (including phenoxy) is 4. The third kappa shape index (κ3) is 10.1. The minimum atomic E-state index is -1.26. The van der Waals surface area contributed by atoms with E-state index in [2.05, 4.69) is 10.9 Å². The van der Waals surface area contributed by atoms with E-state index in [1.807, 2.05) is 10.9 Å². The van der Waals surface area contributed by atoms with Crippen LogP contribution < -0.4 is 21.7 Å². The van der Waals surface area contributed by atoms with Crippen LogP contribution in [0.5, 0.6) is 0 Å². The maximum atomic E-state index is 11.8. The fourth-order valence-corrected chi connectivity index (χ4v) is 1.70. The van der Waals surface area contributed by atoms with Crippen molar-refractivity contribution in [3.05, 3.63) is 23.5 Å². The molecule has 0 fully saturated rings. The third-order valence-corrected chi connectivity index (χ3v) is 2.99. The molecule has 0 aromatic carbocycles. The Balaban J connectivity index is 4.98. The molecule has 0 unspecified atom stereocenters. The Morgan fingerprint density at radius 2 is 0.781 bits per heavy atom. The molecule has 14 nitrogen and oxygen atoms in total. The van der Waals surface area contributed by atoms with E-state index < -0.39 is 46.8 Å². The summed E-state index contributed by atoms with van der Waals surface area (Å²) in [6.07, 6.45) is 1.57. The molecule has 0 aliphatic rings. The van der Waals surface area contributed by atoms with Crippen molar-refractivity contribution in [3.8, 4) is 0 Å². The van der Waals surface area contributed by atoms with Gasteiger partial charge in [-0.15, -0.1) is 0 Å². The van der Waals surface area contributed by atoms with Crippen LogP contribution in [-0.2, 0) is 47.7 Å². The van der Waals surface area contributed by atoms with E-state index in [-0.39, 0.29) is 26.4 Å². The molecule has 0 radical (unpaired) electrons. The van der Waals surface area contributed by atoms with Gasteiger partial charge in [-0.25, -0.2) is 19.2 Å². The molecule has 0 aliphatic carbocycles. The summed E-state index contributed by atoms with van der Waals surface area (Å²) in [4.78, 5) is 70.6. The number of hydrazine groups is 2. The van der Waals surface area contributed by atoms with Crippen LogP contribution in [0.3, 0.4) is 0 Å². The molecule has 2 amide bonds. The van der Waals surface area contributed by atoms with Crippen LogP contribution in [0.1, 0.15) is 27.7 Å². The molecule has 0 spiro atoms. The van der Waals surface area contributed by atoms with Gasteiger partial charge in [0.05, 0.1) is 26.4 Å². The number of esters is 4. The molecule has 0 aromatic heterocycles. The molecule has 0 saturated heterocycles. The van der Waals surface area contributed by atoms with Crippen molar-refractivity contribution in [2.24, 2.45) is 0 Å². The average Bonchev–Trinajstić information content (AvgIpc) is 2.74. The van der Waals surface area contributed by atoms with Crippen LogP contribution in [0.4, 0.5) is 0 Å². The lowest BCUT2D eigenvalue weighted by molar-refractivity contribution is -0.148. The first-order chi connectivity index (χ1) is 15.2. The number of rotatable bonds is 12. The van der Waals surface area contributed by atoms with Gasteiger partial charge in [-0.1, -0.05) is 0 Å². The first kappa shape index (κ1) is 27.9. The van der Waals surface area contributed by atoms with E-state index in [0.717, 1.165) is 12.4 Å². The lowest BCUT2D eigenvalue weighted by atomic mass is 10.3. The van der Waals surface area contributed by atoms with E-state index >= 15 is 0 Å². The van der Waals surface area contributed by atoms with Gasteiger partial charge in [0.15, 0.2) is 11.1 Å². The van der Waals surface area contributed by atoms with Gasteiger partial charge in [0, 0.05) is 12.4 Å². The smallest absolute Gasteiger partial charge is 0.347 e. The van der Waals surface area contributed by atoms with Crippen molar-refractivity contribution >= 4 is 35.7 Å². The van der Waals surface area contributed by atoms with Crippen LogP contribution in [0.15, 0.2) is 23.5 Å². The second-order valence-electron chi connectivity index (χ2n) is 5.19. The molecule has 0 heterocycles. The highest BCUT2D eigenvalue weighted by Crippen LogP contribution is 2.01. The van der Waals surface area contributed by atoms with Crippen molar-refractivity contribution in [1.82, 2.24) is 21.7 Å². The minimum absolute atomic E-state index is 0.0108. The third-order valence-electron chi connectivity index (χ3n) is 2.99. The number of nitrogens with one attached hydrogen (secondary N) is 4. The summed E-state index contributed by atoms with van der Waals surface area (Å²) >= 11 is 0. The topological polar surface area (TPSA) is 187 Å². The normalized spacial score (nSPS) is 9.25. The van der Waals surface area contributed by atoms with Crippen LogP contribution >= 0.6 is 0 Å². The van der Waals surface area contributed by atoms with Crippen LogP contribution in [0.2, 0.25) is 0 Å². The summed E-state index contributed by atoms with van der Waals surface area (Å²) in [5.41, 5.74) is 6.88. The molecular weight excluding hydrogens is 432 g/mol. The quantitative estimate of drug-likeness (QED) is 0.0492. The second-order valence-corrected chi connectivity index (χ2v) is 5.19. The molecule has 0 atom stereocenters. The molecule has 0 rings (SSSR count). The van der Waals surface area contributed by atoms with E-state index in [9.17, 15) is 28.8 Å². The Morgan fingerprint density at radius 3 is 1.00 bits per heavy atom. The fourth-order valence-electron chi connectivity index (χ4n) is 1.70. The number of carbonyl (C=O) groups is 6. The first-order valence-electron chi connectivity index (χ1n) is 9.43. The molecule has 4 N–H and O–H groups in total. The number of amides is 2. The van der Waals surface area contributed by atoms with Crippen molar-refractivity contribution in [2.75, 3.05) is 26.4 Å². The molecule has 178 valence electrons. The highest BCUT2D eigenvalue weighted by atomic mass is 16.6. The zero-order chi connectivity index (χ0) is 24.5. The van der Waals surface area contributed by atoms with Crippen molar-refractivity contribution in [1.29, 1.82) is 0 Å². The monoisotopic (exact) mass is 458 g/mol. The Hall–Kier alpha value is -4.10. The predicted octanol–water partition coefficient (Wildman–Crippen LogP) is -1.75. The summed E-state index contributed by atoms with van der Waals surface area (Å²) < 4.78 is 18.8. The zero-order valence-electron chi connectivity index (χ0n) is 18.1. The number of hydrogen-bond acceptors (Lipinski definition) is 12. The molecular formula is C18H26N4O10. The van der Waals surface area contributed by atoms with Crippen molar-refractivity contribution < 1.29 is 47.7 Å². The second kappa shape index (κ2) is 15.7. The molecule has 14 heteroatoms. The minimum Gasteiger partial charge on any atom is -0.462 e. The molecule has 0 bridgehead atoms. The maximum Gasteiger partial charge on any atom is 0.347 e. The van der Waals surface area contributed by atoms with E-state index in [4.69, 9.17) is 18.9 Å². The van der Waals surface area contributed by atoms with Crippen molar-refractivity contribution in [2.45, 2.75) is 27.7 Å². The van der Waals surface area contributed by atoms with E-state index in [0.29, 0.717) is 0 Å². The maximum absolute atomic E-state index is 11.8. The molecule has 0 aromatic rings. The molecule has 32 heavy (non-hydrogen) atoms. The average molecular weight is 458 g/mol. The largest absolute Gasteiger partial charge is 0.462 e. The van der Waals surface area contributed by atoms with Gasteiger partial charge in [-0.2, -0.15) is 0 Å². The Labute approximate surface area is 183 Å². The van der Waals surface area contributed by atoms with E-state index in [1.54, 1.807) is 0 Å². The van der Waals surface area contributed by atoms with Crippen LogP contribution in [0, 0.1) is 0 Å². The molecule has 0 saturated carbocycles. The highest BCUT2D eigenvalue weighted by molar-refractivity contribution is 6.34. The summed E-state index contributed by atoms with van der Waals surface area (Å²) in [6.45, 7) is 6.06. The lowest BCUT2D eigenvalue weighted by Crippen LogP contribution is -2.48. The van der Waals surface area contributed by atoms with Crippen LogP contribution in [0.25, 0.3) is 0 Å². The number of hydrogen-bond donors (Lipinski definition) is 4. The van der Waals surface area contributed by atoms with E-state index in [1.165, 1.54) is 27.7 Å². The van der Waals surface area contributed by atoms with Gasteiger partial charge in [-0.3, -0.25) is 20.4 Å². The first-order valence-corrected chi connectivity index (χ1v) is 9.43. The number of carbonyl (C=O) groups excluding carboxylic acids is 6. The standard InChI is InChI=1S/C18H26N4O10/c1-5-29-15(25)11(16(26)30-6-2)9-19-21-13(23)14(24)22-20-10-12(17(27)31-7-3)18(28)32-8-4/h9-10,19-20H,5-8H2,1-4H3,(H,21,23)(H,22,24). The fraction of sp³-hybridized carbons (Fsp3) is 0.444. The zero-order valence-corrected chi connectivity index (χ0v) is 18.1. The van der Waals surface area contributed by atoms with Gasteiger partial charge >= 0.3 is 35.7 Å². The summed E-state index contributed by atoms with van der Waals surface area (Å²) in [5.74, 6) is -6.54. The van der Waals surface area contributed by atoms with Gasteiger partial charge in [0.25, 0.3) is 0 Å². The molecule has 0 aliphatic heterocycles. The lowest BCUT2D eigenvalue weighted by Gasteiger charge is -2.09. The van der Waals surface area contributed by atoms with Gasteiger partial charge in [0.1, 0.15) is 0 Å². The summed E-state index contributed by atoms with van der Waals surface area (Å²) in [5, 5.41) is 0. The van der Waals surface area contributed by atoms with Crippen LogP contribution in [-0.4, -0.2) is 62.1 Å². The predicted molar refractivity (Wildman–Crippen MR) is 105 cm³/mol. The summed E-state index contributed by atoms with van der Waals surface area (Å²) in [7, 11) is 0. The van der Waals surface area contributed by atoms with Crippen molar-refractivity contribution in [3.63, 3.8) is 0 Å². The Kier molecular flexibility index (Phi) is 13.7. The SMILES string of the molecule is CCOC(=O)C(=CNNC(=O)C(=O)NNC=C(C(=O)OCC)C(=O)OCC)C(=O)OCC. The highest BCUT2D eigenvalue weighted by Gasteiger charge is 2.22. The van der Waals surface area contributed by atoms with Gasteiger partial charge < -0.3 is 29.8 Å². The Morgan fingerprint density at radius 1 is 0.531 bits per heavy atom.